The van der Waals surface area contributed by atoms with Crippen molar-refractivity contribution in [3.05, 3.63) is 59.9 Å². The maximum atomic E-state index is 14.4. The van der Waals surface area contributed by atoms with Crippen LogP contribution in [0.5, 0.6) is 0 Å². The van der Waals surface area contributed by atoms with E-state index < -0.39 is 47.8 Å². The third-order valence-electron chi connectivity index (χ3n) is 10.0. The van der Waals surface area contributed by atoms with Gasteiger partial charge in [-0.3, -0.25) is 28.8 Å². The summed E-state index contributed by atoms with van der Waals surface area (Å²) < 4.78 is 7.62. The average Bonchev–Trinajstić information content (AvgIpc) is 3.45. The van der Waals surface area contributed by atoms with Crippen LogP contribution in [-0.4, -0.2) is 99.2 Å². The van der Waals surface area contributed by atoms with Crippen LogP contribution in [0.3, 0.4) is 0 Å². The molecule has 16 heteroatoms. The van der Waals surface area contributed by atoms with Crippen molar-refractivity contribution in [3.8, 4) is 0 Å². The molecular formula is C39H53N9O7. The molecule has 1 fully saturated rings. The van der Waals surface area contributed by atoms with Gasteiger partial charge < -0.3 is 36.6 Å². The van der Waals surface area contributed by atoms with Crippen molar-refractivity contribution in [2.45, 2.75) is 109 Å². The Kier molecular flexibility index (Phi) is 14.7. The topological polar surface area (TPSA) is 220 Å². The highest BCUT2D eigenvalue weighted by atomic mass is 16.5. The number of aromatic nitrogens is 3. The first-order valence-electron chi connectivity index (χ1n) is 19.2. The van der Waals surface area contributed by atoms with Gasteiger partial charge in [-0.15, -0.1) is 5.10 Å². The third kappa shape index (κ3) is 11.6. The van der Waals surface area contributed by atoms with Crippen molar-refractivity contribution in [3.63, 3.8) is 0 Å². The molecule has 2 aromatic carbocycles. The largest absolute Gasteiger partial charge is 0.372 e. The Hall–Kier alpha value is -5.38. The fraction of sp³-hybridized carbons (Fsp3) is 0.538. The predicted octanol–water partition coefficient (Wildman–Crippen LogP) is 1.25. The standard InChI is InChI=1S/C39H53N9O7/c1-25(2)19-30(36(40)51)43-38(53)32-24-55-23-28-21-42-46-48(28)18-9-7-16-34(49)41-22-35(50)47-17-8-3-4-15-33(47)39(54)44-31(37(52)45-32)20-27-13-10-12-26-11-5-6-14-29(26)27/h5-6,10-14,21,25,30-33H,3-4,7-9,15-20,22-24H2,1-2H3,(H2,40,51)(H,41,49)(H,43,53)(H,44,54)(H,45,52)/t30-,31-,32-,33-/m0/s1. The Labute approximate surface area is 320 Å². The first-order chi connectivity index (χ1) is 26.5. The number of nitrogens with one attached hydrogen (secondary N) is 4. The molecule has 0 saturated carbocycles. The molecule has 2 aliphatic heterocycles. The fourth-order valence-corrected chi connectivity index (χ4v) is 7.06. The monoisotopic (exact) mass is 759 g/mol. The van der Waals surface area contributed by atoms with Crippen LogP contribution in [-0.2, 0) is 53.1 Å². The van der Waals surface area contributed by atoms with Crippen molar-refractivity contribution in [2.24, 2.45) is 11.7 Å². The number of nitrogens with two attached hydrogens (primary N) is 1. The van der Waals surface area contributed by atoms with E-state index in [9.17, 15) is 28.8 Å². The van der Waals surface area contributed by atoms with Crippen molar-refractivity contribution in [1.82, 2.24) is 41.2 Å². The second kappa shape index (κ2) is 19.8. The van der Waals surface area contributed by atoms with Gasteiger partial charge in [0.2, 0.25) is 35.4 Å². The minimum Gasteiger partial charge on any atom is -0.372 e. The number of carbonyl (C=O) groups is 6. The molecule has 5 rings (SSSR count). The molecule has 296 valence electrons. The highest BCUT2D eigenvalue weighted by molar-refractivity contribution is 5.96. The molecule has 4 atom stereocenters. The lowest BCUT2D eigenvalue weighted by molar-refractivity contribution is -0.141. The maximum absolute atomic E-state index is 14.4. The van der Waals surface area contributed by atoms with Crippen LogP contribution in [0.1, 0.15) is 76.5 Å². The van der Waals surface area contributed by atoms with Gasteiger partial charge in [-0.2, -0.15) is 0 Å². The summed E-state index contributed by atoms with van der Waals surface area (Å²) in [7, 11) is 0. The second-order valence-corrected chi connectivity index (χ2v) is 14.7. The van der Waals surface area contributed by atoms with E-state index in [-0.39, 0.29) is 56.8 Å². The Morgan fingerprint density at radius 3 is 2.55 bits per heavy atom. The first-order valence-corrected chi connectivity index (χ1v) is 19.2. The molecule has 1 aromatic heterocycles. The van der Waals surface area contributed by atoms with Crippen molar-refractivity contribution in [1.29, 1.82) is 0 Å². The van der Waals surface area contributed by atoms with E-state index in [0.717, 1.165) is 22.8 Å². The fourth-order valence-electron chi connectivity index (χ4n) is 7.06. The lowest BCUT2D eigenvalue weighted by Gasteiger charge is -2.31. The number of carbonyl (C=O) groups excluding carboxylic acids is 6. The summed E-state index contributed by atoms with van der Waals surface area (Å²) in [4.78, 5) is 82.6. The molecule has 0 aliphatic carbocycles. The van der Waals surface area contributed by atoms with Crippen molar-refractivity contribution >= 4 is 46.2 Å². The van der Waals surface area contributed by atoms with Gasteiger partial charge in [-0.1, -0.05) is 74.4 Å². The van der Waals surface area contributed by atoms with Crippen LogP contribution >= 0.6 is 0 Å². The summed E-state index contributed by atoms with van der Waals surface area (Å²) in [6.45, 7) is 4.00. The number of hydrogen-bond donors (Lipinski definition) is 5. The molecule has 6 amide bonds. The Morgan fingerprint density at radius 2 is 1.75 bits per heavy atom. The number of aryl methyl sites for hydroxylation is 1. The van der Waals surface area contributed by atoms with E-state index >= 15 is 0 Å². The van der Waals surface area contributed by atoms with E-state index in [1.54, 1.807) is 4.68 Å². The summed E-state index contributed by atoms with van der Waals surface area (Å²) >= 11 is 0. The Balaban J connectivity index is 1.48. The van der Waals surface area contributed by atoms with Crippen LogP contribution in [0.4, 0.5) is 0 Å². The van der Waals surface area contributed by atoms with Gasteiger partial charge in [0.05, 0.1) is 31.6 Å². The number of benzene rings is 2. The highest BCUT2D eigenvalue weighted by Gasteiger charge is 2.35. The summed E-state index contributed by atoms with van der Waals surface area (Å²) in [5.41, 5.74) is 7.04. The number of amides is 6. The molecular weight excluding hydrogens is 706 g/mol. The molecule has 1 saturated heterocycles. The molecule has 3 heterocycles. The van der Waals surface area contributed by atoms with Crippen LogP contribution in [0.25, 0.3) is 10.8 Å². The van der Waals surface area contributed by atoms with Crippen LogP contribution in [0.15, 0.2) is 48.7 Å². The highest BCUT2D eigenvalue weighted by Crippen LogP contribution is 2.22. The molecule has 6 N–H and O–H groups in total. The van der Waals surface area contributed by atoms with Crippen molar-refractivity contribution < 1.29 is 33.5 Å². The van der Waals surface area contributed by atoms with E-state index in [0.29, 0.717) is 50.9 Å². The third-order valence-corrected chi connectivity index (χ3v) is 10.0. The SMILES string of the molecule is CC(C)C[C@H](NC(=O)[C@@H]1COCc2cnnn2CCCCC(=O)NCC(=O)N2CCCCC[C@H]2C(=O)N[C@@H](Cc2cccc3ccccc23)C(=O)N1)C(N)=O. The lowest BCUT2D eigenvalue weighted by Crippen LogP contribution is -2.60. The lowest BCUT2D eigenvalue weighted by atomic mass is 9.97. The Bertz CT molecular complexity index is 1820. The van der Waals surface area contributed by atoms with Crippen molar-refractivity contribution in [2.75, 3.05) is 19.7 Å². The first kappa shape index (κ1) is 40.8. The van der Waals surface area contributed by atoms with Gasteiger partial charge in [-0.05, 0) is 54.4 Å². The normalized spacial score (nSPS) is 21.9. The number of rotatable bonds is 7. The van der Waals surface area contributed by atoms with Crippen LogP contribution < -0.4 is 27.0 Å². The minimum atomic E-state index is -1.29. The molecule has 16 nitrogen and oxygen atoms in total. The average molecular weight is 760 g/mol. The second-order valence-electron chi connectivity index (χ2n) is 14.7. The zero-order valence-corrected chi connectivity index (χ0v) is 31.6. The number of primary amides is 1. The van der Waals surface area contributed by atoms with E-state index in [4.69, 9.17) is 10.5 Å². The zero-order valence-electron chi connectivity index (χ0n) is 31.6. The zero-order chi connectivity index (χ0) is 39.3. The quantitative estimate of drug-likeness (QED) is 0.234. The summed E-state index contributed by atoms with van der Waals surface area (Å²) in [5, 5.41) is 21.0. The van der Waals surface area contributed by atoms with Gasteiger partial charge >= 0.3 is 0 Å². The minimum absolute atomic E-state index is 0.00578. The molecule has 0 radical (unpaired) electrons. The van der Waals surface area contributed by atoms with Gasteiger partial charge in [0.25, 0.3) is 0 Å². The van der Waals surface area contributed by atoms with Crippen LogP contribution in [0.2, 0.25) is 0 Å². The number of ether oxygens (including phenoxy) is 1. The number of nitrogens with zero attached hydrogens (tertiary/aromatic N) is 4. The Morgan fingerprint density at radius 1 is 0.964 bits per heavy atom. The number of fused-ring (bicyclic) bond motifs is 3. The van der Waals surface area contributed by atoms with Gasteiger partial charge in [-0.25, -0.2) is 4.68 Å². The molecule has 0 spiro atoms. The van der Waals surface area contributed by atoms with Gasteiger partial charge in [0.15, 0.2) is 0 Å². The summed E-state index contributed by atoms with van der Waals surface area (Å²) in [6, 6.07) is 9.03. The maximum Gasteiger partial charge on any atom is 0.245 e. The molecule has 0 unspecified atom stereocenters. The van der Waals surface area contributed by atoms with E-state index in [1.165, 1.54) is 11.1 Å². The molecule has 3 aromatic rings. The van der Waals surface area contributed by atoms with E-state index in [1.807, 2.05) is 56.3 Å². The van der Waals surface area contributed by atoms with Crippen LogP contribution in [0, 0.1) is 5.92 Å². The smallest absolute Gasteiger partial charge is 0.245 e. The van der Waals surface area contributed by atoms with E-state index in [2.05, 4.69) is 31.6 Å². The summed E-state index contributed by atoms with van der Waals surface area (Å²) in [6.07, 6.45) is 5.76. The number of hydrogen-bond acceptors (Lipinski definition) is 9. The molecule has 2 aliphatic rings. The molecule has 0 bridgehead atoms. The summed E-state index contributed by atoms with van der Waals surface area (Å²) in [5.74, 6) is -3.21. The predicted molar refractivity (Wildman–Crippen MR) is 203 cm³/mol. The van der Waals surface area contributed by atoms with Gasteiger partial charge in [0.1, 0.15) is 24.2 Å². The van der Waals surface area contributed by atoms with Gasteiger partial charge in [0, 0.05) is 25.9 Å². The molecule has 55 heavy (non-hydrogen) atoms.